The number of carbonyl (C=O) groups excluding carboxylic acids is 1. The SMILES string of the molecule is Cc1c(-c2ccnn2-c2ccc(C#N)cc2)n(C(=O)N[C@H]2CC[C@H]([N+](C)(C)Cc3ccccc3)CC2)c(=O)n1-c1cccc(C(F)(F)F)c1.[Br-]. The minimum absolute atomic E-state index is 0. The van der Waals surface area contributed by atoms with Crippen LogP contribution < -0.4 is 28.0 Å². The molecule has 1 aliphatic carbocycles. The summed E-state index contributed by atoms with van der Waals surface area (Å²) in [6, 6.07) is 24.7. The Balaban J connectivity index is 0.00000486. The molecule has 1 aliphatic rings. The Kier molecular flexibility index (Phi) is 10.5. The van der Waals surface area contributed by atoms with Crippen molar-refractivity contribution in [2.24, 2.45) is 0 Å². The lowest BCUT2D eigenvalue weighted by Crippen LogP contribution is -3.00. The molecule has 1 N–H and O–H groups in total. The third-order valence-electron chi connectivity index (χ3n) is 9.49. The number of imidazole rings is 1. The average Bonchev–Trinajstić information content (AvgIpc) is 3.66. The molecule has 0 aliphatic heterocycles. The lowest BCUT2D eigenvalue weighted by atomic mass is 9.89. The molecule has 2 heterocycles. The first-order valence-corrected chi connectivity index (χ1v) is 16.1. The molecule has 0 saturated heterocycles. The van der Waals surface area contributed by atoms with Gasteiger partial charge in [0.25, 0.3) is 0 Å². The highest BCUT2D eigenvalue weighted by molar-refractivity contribution is 5.83. The summed E-state index contributed by atoms with van der Waals surface area (Å²) in [7, 11) is 4.44. The Bertz CT molecular complexity index is 2070. The first kappa shape index (κ1) is 36.4. The molecule has 13 heteroatoms. The molecule has 1 fully saturated rings. The van der Waals surface area contributed by atoms with Crippen LogP contribution in [0.4, 0.5) is 18.0 Å². The highest BCUT2D eigenvalue weighted by Crippen LogP contribution is 2.33. The van der Waals surface area contributed by atoms with Gasteiger partial charge in [0.05, 0.1) is 66.3 Å². The summed E-state index contributed by atoms with van der Waals surface area (Å²) in [4.78, 5) is 28.3. The molecule has 0 atom stereocenters. The van der Waals surface area contributed by atoms with Crippen molar-refractivity contribution in [1.29, 1.82) is 5.26 Å². The van der Waals surface area contributed by atoms with Gasteiger partial charge in [-0.05, 0) is 68.3 Å². The summed E-state index contributed by atoms with van der Waals surface area (Å²) in [5.74, 6) is 0. The number of halogens is 4. The summed E-state index contributed by atoms with van der Waals surface area (Å²) in [6.45, 7) is 2.48. The second-order valence-corrected chi connectivity index (χ2v) is 13.1. The zero-order valence-electron chi connectivity index (χ0n) is 27.9. The van der Waals surface area contributed by atoms with E-state index < -0.39 is 23.5 Å². The van der Waals surface area contributed by atoms with Crippen LogP contribution >= 0.6 is 0 Å². The van der Waals surface area contributed by atoms with Crippen LogP contribution in [0.15, 0.2) is 95.9 Å². The molecule has 0 unspecified atom stereocenters. The second-order valence-electron chi connectivity index (χ2n) is 13.1. The van der Waals surface area contributed by atoms with Gasteiger partial charge in [0, 0.05) is 24.4 Å². The van der Waals surface area contributed by atoms with E-state index in [9.17, 15) is 28.0 Å². The van der Waals surface area contributed by atoms with Crippen molar-refractivity contribution < 1.29 is 39.4 Å². The van der Waals surface area contributed by atoms with Crippen LogP contribution in [0.3, 0.4) is 0 Å². The van der Waals surface area contributed by atoms with E-state index in [1.165, 1.54) is 28.6 Å². The number of nitriles is 1. The van der Waals surface area contributed by atoms with Crippen LogP contribution in [0.2, 0.25) is 0 Å². The van der Waals surface area contributed by atoms with Gasteiger partial charge < -0.3 is 26.8 Å². The van der Waals surface area contributed by atoms with Crippen LogP contribution in [0, 0.1) is 18.3 Å². The number of alkyl halides is 3. The minimum atomic E-state index is -4.63. The van der Waals surface area contributed by atoms with E-state index in [1.807, 2.05) is 18.2 Å². The third kappa shape index (κ3) is 7.32. The topological polar surface area (TPSA) is 97.6 Å². The number of quaternary nitrogens is 1. The standard InChI is InChI=1S/C37H36F3N7O2.BrH/c1-25-34(33-20-21-42-46(33)30-16-12-26(23-41)13-17-30)45(36(49)44(25)31-11-7-10-28(22-31)37(38,39)40)35(48)43-29-14-18-32(19-15-29)47(2,3)24-27-8-5-4-6-9-27;/h4-13,16-17,20-22,29,32H,14-15,18-19,24H2,1-3H3;1H/t29-,32-;. The van der Waals surface area contributed by atoms with Gasteiger partial charge in [0.2, 0.25) is 0 Å². The molecule has 6 rings (SSSR count). The predicted octanol–water partition coefficient (Wildman–Crippen LogP) is 3.84. The van der Waals surface area contributed by atoms with Gasteiger partial charge in [-0.3, -0.25) is 4.57 Å². The Morgan fingerprint density at radius 3 is 2.28 bits per heavy atom. The van der Waals surface area contributed by atoms with Crippen molar-refractivity contribution in [3.05, 3.63) is 124 Å². The van der Waals surface area contributed by atoms with E-state index in [2.05, 4.69) is 42.7 Å². The quantitative estimate of drug-likeness (QED) is 0.256. The number of rotatable bonds is 7. The molecule has 9 nitrogen and oxygen atoms in total. The molecule has 0 spiro atoms. The molecular weight excluding hydrogens is 711 g/mol. The maximum atomic E-state index is 14.2. The molecule has 0 bridgehead atoms. The summed E-state index contributed by atoms with van der Waals surface area (Å²) >= 11 is 0. The van der Waals surface area contributed by atoms with Crippen LogP contribution in [-0.4, -0.2) is 55.6 Å². The molecular formula is C37H37BrF3N7O2. The molecule has 260 valence electrons. The van der Waals surface area contributed by atoms with E-state index in [0.29, 0.717) is 35.8 Å². The van der Waals surface area contributed by atoms with Crippen molar-refractivity contribution >= 4 is 6.03 Å². The molecule has 5 aromatic rings. The number of carbonyl (C=O) groups is 1. The average molecular weight is 749 g/mol. The molecule has 3 aromatic carbocycles. The number of aromatic nitrogens is 4. The normalized spacial score (nSPS) is 16.3. The first-order chi connectivity index (χ1) is 23.4. The first-order valence-electron chi connectivity index (χ1n) is 16.1. The summed E-state index contributed by atoms with van der Waals surface area (Å²) in [5, 5.41) is 16.7. The Morgan fingerprint density at radius 2 is 1.64 bits per heavy atom. The number of hydrogen-bond acceptors (Lipinski definition) is 4. The fourth-order valence-electron chi connectivity index (χ4n) is 6.93. The van der Waals surface area contributed by atoms with Crippen LogP contribution in [0.5, 0.6) is 0 Å². The largest absolute Gasteiger partial charge is 1.00 e. The smallest absolute Gasteiger partial charge is 0.416 e. The number of nitrogens with one attached hydrogen (secondary N) is 1. The molecule has 2 aromatic heterocycles. The fourth-order valence-corrected chi connectivity index (χ4v) is 6.93. The van der Waals surface area contributed by atoms with Gasteiger partial charge in [-0.2, -0.15) is 23.5 Å². The Hall–Kier alpha value is -4.93. The Labute approximate surface area is 298 Å². The molecule has 50 heavy (non-hydrogen) atoms. The summed E-state index contributed by atoms with van der Waals surface area (Å²) in [6.07, 6.45) is 0.0706. The van der Waals surface area contributed by atoms with E-state index in [4.69, 9.17) is 0 Å². The van der Waals surface area contributed by atoms with Crippen molar-refractivity contribution in [2.45, 2.75) is 57.4 Å². The lowest BCUT2D eigenvalue weighted by molar-refractivity contribution is -0.929. The predicted molar refractivity (Wildman–Crippen MR) is 179 cm³/mol. The molecule has 0 radical (unpaired) electrons. The van der Waals surface area contributed by atoms with E-state index in [0.717, 1.165) is 45.1 Å². The van der Waals surface area contributed by atoms with E-state index in [-0.39, 0.29) is 40.1 Å². The van der Waals surface area contributed by atoms with Crippen molar-refractivity contribution in [1.82, 2.24) is 24.2 Å². The van der Waals surface area contributed by atoms with Crippen LogP contribution in [0.1, 0.15) is 48.1 Å². The fraction of sp³-hybridized carbons (Fsp3) is 0.297. The van der Waals surface area contributed by atoms with Gasteiger partial charge in [-0.15, -0.1) is 0 Å². The highest BCUT2D eigenvalue weighted by Gasteiger charge is 2.35. The van der Waals surface area contributed by atoms with E-state index in [1.54, 1.807) is 37.3 Å². The minimum Gasteiger partial charge on any atom is -1.00 e. The van der Waals surface area contributed by atoms with E-state index >= 15 is 0 Å². The van der Waals surface area contributed by atoms with Crippen molar-refractivity contribution in [3.8, 4) is 28.8 Å². The van der Waals surface area contributed by atoms with Crippen LogP contribution in [0.25, 0.3) is 22.8 Å². The van der Waals surface area contributed by atoms with Gasteiger partial charge in [0.1, 0.15) is 12.2 Å². The Morgan fingerprint density at radius 1 is 0.960 bits per heavy atom. The number of hydrogen-bond donors (Lipinski definition) is 1. The molecule has 1 saturated carbocycles. The maximum Gasteiger partial charge on any atom is 0.416 e. The van der Waals surface area contributed by atoms with Gasteiger partial charge in [0.15, 0.2) is 0 Å². The monoisotopic (exact) mass is 747 g/mol. The third-order valence-corrected chi connectivity index (χ3v) is 9.49. The summed E-state index contributed by atoms with van der Waals surface area (Å²) < 4.78 is 45.6. The second kappa shape index (κ2) is 14.5. The van der Waals surface area contributed by atoms with Gasteiger partial charge in [-0.25, -0.2) is 18.8 Å². The number of amides is 1. The van der Waals surface area contributed by atoms with Gasteiger partial charge >= 0.3 is 17.9 Å². The van der Waals surface area contributed by atoms with Gasteiger partial charge in [-0.1, -0.05) is 36.4 Å². The lowest BCUT2D eigenvalue weighted by Gasteiger charge is -2.42. The van der Waals surface area contributed by atoms with Crippen molar-refractivity contribution in [2.75, 3.05) is 14.1 Å². The maximum absolute atomic E-state index is 14.2. The number of benzene rings is 3. The van der Waals surface area contributed by atoms with Crippen molar-refractivity contribution in [3.63, 3.8) is 0 Å². The molecule has 1 amide bonds. The highest BCUT2D eigenvalue weighted by atomic mass is 79.9. The zero-order chi connectivity index (χ0) is 34.9. The summed E-state index contributed by atoms with van der Waals surface area (Å²) in [5.41, 5.74) is 1.37. The number of nitrogens with zero attached hydrogens (tertiary/aromatic N) is 6. The zero-order valence-corrected chi connectivity index (χ0v) is 29.4. The van der Waals surface area contributed by atoms with Crippen LogP contribution in [-0.2, 0) is 12.7 Å².